The quantitative estimate of drug-likeness (QED) is 0.324. The van der Waals surface area contributed by atoms with Gasteiger partial charge in [-0.25, -0.2) is 4.79 Å². The summed E-state index contributed by atoms with van der Waals surface area (Å²) in [5.41, 5.74) is 2.02. The summed E-state index contributed by atoms with van der Waals surface area (Å²) in [6.07, 6.45) is 9.99. The summed E-state index contributed by atoms with van der Waals surface area (Å²) in [6, 6.07) is 8.00. The number of hydrogen-bond donors (Lipinski definition) is 1. The molecule has 0 aliphatic carbocycles. The first kappa shape index (κ1) is 28.8. The van der Waals surface area contributed by atoms with Gasteiger partial charge in [-0.05, 0) is 43.2 Å². The van der Waals surface area contributed by atoms with Crippen molar-refractivity contribution in [2.24, 2.45) is 5.92 Å². The van der Waals surface area contributed by atoms with E-state index < -0.39 is 0 Å². The normalized spacial score (nSPS) is 22.3. The van der Waals surface area contributed by atoms with E-state index in [1.807, 2.05) is 28.0 Å². The lowest BCUT2D eigenvalue weighted by Crippen LogP contribution is -2.51. The van der Waals surface area contributed by atoms with Crippen LogP contribution in [-0.4, -0.2) is 68.8 Å². The first-order valence-corrected chi connectivity index (χ1v) is 15.7. The fourth-order valence-corrected chi connectivity index (χ4v) is 7.34. The van der Waals surface area contributed by atoms with Crippen LogP contribution in [-0.2, 0) is 16.1 Å². The molecule has 210 valence electrons. The number of nitrogens with one attached hydrogen (secondary N) is 1. The number of unbranched alkanes of at least 4 members (excludes halogenated alkanes) is 4. The molecule has 3 heterocycles. The van der Waals surface area contributed by atoms with Crippen LogP contribution in [0.25, 0.3) is 0 Å². The lowest BCUT2D eigenvalue weighted by atomic mass is 10.0. The predicted octanol–water partition coefficient (Wildman–Crippen LogP) is 6.09. The van der Waals surface area contributed by atoms with Crippen LogP contribution in [0.1, 0.15) is 90.5 Å². The number of amides is 4. The molecule has 0 radical (unpaired) electrons. The van der Waals surface area contributed by atoms with Gasteiger partial charge in [0.1, 0.15) is 0 Å². The van der Waals surface area contributed by atoms with Crippen molar-refractivity contribution >= 4 is 35.3 Å². The number of anilines is 1. The van der Waals surface area contributed by atoms with Gasteiger partial charge >= 0.3 is 6.03 Å². The summed E-state index contributed by atoms with van der Waals surface area (Å²) >= 11 is 1.72. The number of urea groups is 1. The first-order valence-electron chi connectivity index (χ1n) is 14.8. The monoisotopic (exact) mass is 542 g/mol. The lowest BCUT2D eigenvalue weighted by molar-refractivity contribution is -0.137. The van der Waals surface area contributed by atoms with Gasteiger partial charge in [-0.15, -0.1) is 11.8 Å². The van der Waals surface area contributed by atoms with E-state index >= 15 is 0 Å². The van der Waals surface area contributed by atoms with E-state index in [4.69, 9.17) is 0 Å². The molecule has 1 aromatic carbocycles. The Hall–Kier alpha value is -2.22. The van der Waals surface area contributed by atoms with Crippen LogP contribution in [0.15, 0.2) is 24.3 Å². The highest BCUT2D eigenvalue weighted by atomic mass is 32.2. The van der Waals surface area contributed by atoms with Crippen LogP contribution in [0, 0.1) is 5.92 Å². The van der Waals surface area contributed by atoms with Crippen molar-refractivity contribution in [2.75, 3.05) is 25.0 Å². The molecule has 3 aliphatic rings. The highest BCUT2D eigenvalue weighted by molar-refractivity contribution is 8.01. The SMILES string of the molecule is CCCCCCCC1SC(CC(=O)N2CCC(N3Cc4ccccc4NC3=O)CC2)C(=O)N1CCC(C)C. The Kier molecular flexibility index (Phi) is 10.4. The molecule has 2 atom stereocenters. The van der Waals surface area contributed by atoms with Crippen molar-refractivity contribution in [3.8, 4) is 0 Å². The highest BCUT2D eigenvalue weighted by Crippen LogP contribution is 2.37. The molecule has 0 aromatic heterocycles. The van der Waals surface area contributed by atoms with Crippen molar-refractivity contribution in [2.45, 2.75) is 108 Å². The second-order valence-electron chi connectivity index (χ2n) is 11.5. The van der Waals surface area contributed by atoms with Gasteiger partial charge in [0.15, 0.2) is 0 Å². The largest absolute Gasteiger partial charge is 0.342 e. The average molecular weight is 543 g/mol. The maximum absolute atomic E-state index is 13.4. The lowest BCUT2D eigenvalue weighted by Gasteiger charge is -2.40. The fourth-order valence-electron chi connectivity index (χ4n) is 5.81. The van der Waals surface area contributed by atoms with Crippen LogP contribution >= 0.6 is 11.8 Å². The molecule has 0 bridgehead atoms. The van der Waals surface area contributed by atoms with Crippen molar-refractivity contribution in [3.63, 3.8) is 0 Å². The van der Waals surface area contributed by atoms with E-state index in [1.54, 1.807) is 11.8 Å². The summed E-state index contributed by atoms with van der Waals surface area (Å²) < 4.78 is 0. The smallest absolute Gasteiger partial charge is 0.322 e. The van der Waals surface area contributed by atoms with Gasteiger partial charge < -0.3 is 20.0 Å². The molecule has 8 heteroatoms. The zero-order valence-corrected chi connectivity index (χ0v) is 24.3. The minimum Gasteiger partial charge on any atom is -0.342 e. The maximum atomic E-state index is 13.4. The van der Waals surface area contributed by atoms with Gasteiger partial charge in [-0.1, -0.05) is 71.1 Å². The second-order valence-corrected chi connectivity index (χ2v) is 12.9. The molecule has 2 unspecified atom stereocenters. The van der Waals surface area contributed by atoms with Crippen LogP contribution in [0.2, 0.25) is 0 Å². The Bertz CT molecular complexity index is 963. The Morgan fingerprint density at radius 1 is 1.08 bits per heavy atom. The summed E-state index contributed by atoms with van der Waals surface area (Å²) in [6.45, 7) is 9.30. The number of benzene rings is 1. The first-order chi connectivity index (χ1) is 18.4. The molecule has 7 nitrogen and oxygen atoms in total. The summed E-state index contributed by atoms with van der Waals surface area (Å²) in [4.78, 5) is 45.2. The van der Waals surface area contributed by atoms with Crippen LogP contribution in [0.3, 0.4) is 0 Å². The van der Waals surface area contributed by atoms with Gasteiger partial charge in [-0.2, -0.15) is 0 Å². The van der Waals surface area contributed by atoms with E-state index in [0.29, 0.717) is 25.6 Å². The van der Waals surface area contributed by atoms with Crippen molar-refractivity contribution < 1.29 is 14.4 Å². The Morgan fingerprint density at radius 3 is 2.55 bits per heavy atom. The molecule has 0 spiro atoms. The number of likely N-dealkylation sites (tertiary alicyclic amines) is 1. The molecular weight excluding hydrogens is 496 g/mol. The number of fused-ring (bicyclic) bond motifs is 1. The Labute approximate surface area is 233 Å². The number of carbonyl (C=O) groups is 3. The van der Waals surface area contributed by atoms with Crippen LogP contribution in [0.4, 0.5) is 10.5 Å². The molecule has 1 N–H and O–H groups in total. The van der Waals surface area contributed by atoms with E-state index in [9.17, 15) is 14.4 Å². The molecule has 38 heavy (non-hydrogen) atoms. The van der Waals surface area contributed by atoms with E-state index in [2.05, 4.69) is 37.1 Å². The standard InChI is InChI=1S/C30H46N4O3S/c1-4-5-6-7-8-13-28-33(19-14-22(2)3)29(36)26(38-28)20-27(35)32-17-15-24(16-18-32)34-21-23-11-9-10-12-25(23)31-30(34)37/h9-12,22,24,26,28H,4-8,13-21H2,1-3H3,(H,31,37). The second kappa shape index (κ2) is 13.7. The van der Waals surface area contributed by atoms with Crippen LogP contribution in [0.5, 0.6) is 0 Å². The topological polar surface area (TPSA) is 73.0 Å². The van der Waals surface area contributed by atoms with Crippen molar-refractivity contribution in [3.05, 3.63) is 29.8 Å². The third kappa shape index (κ3) is 7.25. The molecule has 1 aromatic rings. The maximum Gasteiger partial charge on any atom is 0.322 e. The van der Waals surface area contributed by atoms with Crippen LogP contribution < -0.4 is 5.32 Å². The van der Waals surface area contributed by atoms with Gasteiger partial charge in [0.05, 0.1) is 10.6 Å². The third-order valence-corrected chi connectivity index (χ3v) is 9.71. The van der Waals surface area contributed by atoms with Gasteiger partial charge in [0, 0.05) is 44.3 Å². The highest BCUT2D eigenvalue weighted by Gasteiger charge is 2.41. The van der Waals surface area contributed by atoms with E-state index in [0.717, 1.165) is 49.9 Å². The summed E-state index contributed by atoms with van der Waals surface area (Å²) in [7, 11) is 0. The number of rotatable bonds is 12. The van der Waals surface area contributed by atoms with Crippen molar-refractivity contribution in [1.29, 1.82) is 0 Å². The molecule has 0 saturated carbocycles. The van der Waals surface area contributed by atoms with E-state index in [1.165, 1.54) is 25.7 Å². The molecule has 4 amide bonds. The molecule has 3 aliphatic heterocycles. The third-order valence-electron chi connectivity index (χ3n) is 8.21. The molecule has 4 rings (SSSR count). The van der Waals surface area contributed by atoms with Gasteiger partial charge in [0.25, 0.3) is 0 Å². The Balaban J connectivity index is 1.28. The number of para-hydroxylation sites is 1. The average Bonchev–Trinajstić information content (AvgIpc) is 3.20. The minimum absolute atomic E-state index is 0.0522. The number of piperidine rings is 1. The zero-order chi connectivity index (χ0) is 27.1. The minimum atomic E-state index is -0.266. The number of hydrogen-bond acceptors (Lipinski definition) is 4. The molecule has 2 saturated heterocycles. The number of nitrogens with zero attached hydrogens (tertiary/aromatic N) is 3. The van der Waals surface area contributed by atoms with Crippen molar-refractivity contribution in [1.82, 2.24) is 14.7 Å². The fraction of sp³-hybridized carbons (Fsp3) is 0.700. The summed E-state index contributed by atoms with van der Waals surface area (Å²) in [5.74, 6) is 0.784. The predicted molar refractivity (Wildman–Crippen MR) is 155 cm³/mol. The number of carbonyl (C=O) groups excluding carboxylic acids is 3. The molecule has 2 fully saturated rings. The van der Waals surface area contributed by atoms with Gasteiger partial charge in [-0.3, -0.25) is 9.59 Å². The zero-order valence-electron chi connectivity index (χ0n) is 23.5. The molecular formula is C30H46N4O3S. The Morgan fingerprint density at radius 2 is 1.82 bits per heavy atom. The summed E-state index contributed by atoms with van der Waals surface area (Å²) in [5, 5.41) is 2.94. The number of thioether (sulfide) groups is 1. The van der Waals surface area contributed by atoms with Gasteiger partial charge in [0.2, 0.25) is 11.8 Å². The van der Waals surface area contributed by atoms with E-state index in [-0.39, 0.29) is 40.9 Å².